The van der Waals surface area contributed by atoms with Crippen LogP contribution in [0.15, 0.2) is 28.0 Å². The second-order valence-electron chi connectivity index (χ2n) is 5.33. The number of amides is 2. The van der Waals surface area contributed by atoms with Crippen molar-refractivity contribution in [3.8, 4) is 0 Å². The Morgan fingerprint density at radius 1 is 1.50 bits per heavy atom. The molecule has 7 nitrogen and oxygen atoms in total. The summed E-state index contributed by atoms with van der Waals surface area (Å²) in [5.41, 5.74) is -0.241. The van der Waals surface area contributed by atoms with Gasteiger partial charge in [-0.05, 0) is 25.8 Å². The number of likely N-dealkylation sites (N-methyl/N-ethyl adjacent to an activating group) is 1. The van der Waals surface area contributed by atoms with E-state index in [0.717, 1.165) is 12.8 Å². The molecule has 0 radical (unpaired) electrons. The molecular formula is C15H21N3O4. The Morgan fingerprint density at radius 3 is 2.68 bits per heavy atom. The third kappa shape index (κ3) is 3.66. The number of piperidine rings is 1. The highest BCUT2D eigenvalue weighted by Crippen LogP contribution is 2.26. The van der Waals surface area contributed by atoms with Gasteiger partial charge >= 0.3 is 0 Å². The van der Waals surface area contributed by atoms with Crippen LogP contribution in [0.5, 0.6) is 0 Å². The van der Waals surface area contributed by atoms with Crippen molar-refractivity contribution in [2.75, 3.05) is 26.2 Å². The summed E-state index contributed by atoms with van der Waals surface area (Å²) < 4.78 is 5.12. The number of hydrogen-bond acceptors (Lipinski definition) is 4. The van der Waals surface area contributed by atoms with E-state index in [1.165, 1.54) is 17.0 Å². The van der Waals surface area contributed by atoms with Gasteiger partial charge in [0.25, 0.3) is 5.56 Å². The lowest BCUT2D eigenvalue weighted by Gasteiger charge is -2.32. The third-order valence-corrected chi connectivity index (χ3v) is 3.99. The lowest BCUT2D eigenvalue weighted by molar-refractivity contribution is -0.138. The molecule has 1 saturated heterocycles. The zero-order valence-corrected chi connectivity index (χ0v) is 12.7. The predicted molar refractivity (Wildman–Crippen MR) is 80.3 cm³/mol. The van der Waals surface area contributed by atoms with E-state index in [4.69, 9.17) is 4.52 Å². The summed E-state index contributed by atoms with van der Waals surface area (Å²) in [6.45, 7) is 7.01. The molecule has 2 heterocycles. The zero-order chi connectivity index (χ0) is 16.1. The predicted octanol–water partition coefficient (Wildman–Crippen LogP) is 0.708. The Bertz CT molecular complexity index is 596. The molecule has 1 fully saturated rings. The average Bonchev–Trinajstić information content (AvgIpc) is 2.98. The van der Waals surface area contributed by atoms with E-state index in [-0.39, 0.29) is 29.8 Å². The minimum atomic E-state index is -0.241. The minimum absolute atomic E-state index is 0.0639. The molecule has 1 aromatic heterocycles. The minimum Gasteiger partial charge on any atom is -0.383 e. The average molecular weight is 307 g/mol. The molecular weight excluding hydrogens is 286 g/mol. The number of H-pyrrole nitrogens is 1. The molecule has 1 aliphatic rings. The molecule has 0 unspecified atom stereocenters. The smallest absolute Gasteiger partial charge is 0.280 e. The molecule has 0 saturated carbocycles. The van der Waals surface area contributed by atoms with E-state index in [9.17, 15) is 14.4 Å². The first-order valence-corrected chi connectivity index (χ1v) is 7.42. The van der Waals surface area contributed by atoms with Gasteiger partial charge in [0.1, 0.15) is 5.76 Å². The molecule has 2 amide bonds. The van der Waals surface area contributed by atoms with Crippen LogP contribution in [0, 0.1) is 0 Å². The van der Waals surface area contributed by atoms with E-state index >= 15 is 0 Å². The maximum Gasteiger partial charge on any atom is 0.280 e. The van der Waals surface area contributed by atoms with Crippen LogP contribution >= 0.6 is 0 Å². The lowest BCUT2D eigenvalue weighted by Crippen LogP contribution is -2.45. The fourth-order valence-corrected chi connectivity index (χ4v) is 2.65. The quantitative estimate of drug-likeness (QED) is 0.812. The second-order valence-corrected chi connectivity index (χ2v) is 5.33. The third-order valence-electron chi connectivity index (χ3n) is 3.99. The molecule has 1 N–H and O–H groups in total. The summed E-state index contributed by atoms with van der Waals surface area (Å²) in [6, 6.07) is 1.46. The van der Waals surface area contributed by atoms with Crippen molar-refractivity contribution < 1.29 is 14.1 Å². The van der Waals surface area contributed by atoms with Gasteiger partial charge in [0, 0.05) is 31.6 Å². The van der Waals surface area contributed by atoms with E-state index < -0.39 is 0 Å². The summed E-state index contributed by atoms with van der Waals surface area (Å²) >= 11 is 0. The SMILES string of the molecule is C=CC(=O)N(CC)CC(=O)N1CCC(c2cc(=O)[nH]o2)CC1. The number of hydrogen-bond donors (Lipinski definition) is 1. The summed E-state index contributed by atoms with van der Waals surface area (Å²) in [5, 5.41) is 2.29. The van der Waals surface area contributed by atoms with Crippen molar-refractivity contribution >= 4 is 11.8 Å². The van der Waals surface area contributed by atoms with Gasteiger partial charge in [0.15, 0.2) is 0 Å². The van der Waals surface area contributed by atoms with E-state index in [2.05, 4.69) is 11.7 Å². The first-order valence-electron chi connectivity index (χ1n) is 7.42. The van der Waals surface area contributed by atoms with Crippen molar-refractivity contribution in [2.45, 2.75) is 25.7 Å². The number of nitrogens with one attached hydrogen (secondary N) is 1. The number of rotatable bonds is 5. The Balaban J connectivity index is 1.88. The molecule has 0 spiro atoms. The summed E-state index contributed by atoms with van der Waals surface area (Å²) in [6.07, 6.45) is 2.71. The number of aromatic nitrogens is 1. The van der Waals surface area contributed by atoms with Gasteiger partial charge < -0.3 is 14.3 Å². The molecule has 1 aromatic rings. The number of carbonyl (C=O) groups excluding carboxylic acids is 2. The zero-order valence-electron chi connectivity index (χ0n) is 12.7. The van der Waals surface area contributed by atoms with Gasteiger partial charge in [-0.3, -0.25) is 14.4 Å². The highest BCUT2D eigenvalue weighted by molar-refractivity contribution is 5.90. The van der Waals surface area contributed by atoms with Crippen LogP contribution in [0.3, 0.4) is 0 Å². The number of nitrogens with zero attached hydrogens (tertiary/aromatic N) is 2. The van der Waals surface area contributed by atoms with Gasteiger partial charge in [-0.2, -0.15) is 5.16 Å². The molecule has 0 aliphatic carbocycles. The second kappa shape index (κ2) is 7.11. The molecule has 7 heteroatoms. The first-order chi connectivity index (χ1) is 10.5. The molecule has 2 rings (SSSR count). The van der Waals surface area contributed by atoms with Gasteiger partial charge in [0.2, 0.25) is 11.8 Å². The van der Waals surface area contributed by atoms with Crippen LogP contribution in [0.2, 0.25) is 0 Å². The summed E-state index contributed by atoms with van der Waals surface area (Å²) in [7, 11) is 0. The Kier molecular flexibility index (Phi) is 5.19. The van der Waals surface area contributed by atoms with Crippen molar-refractivity contribution in [1.82, 2.24) is 15.0 Å². The number of carbonyl (C=O) groups is 2. The van der Waals surface area contributed by atoms with Crippen molar-refractivity contribution in [2.24, 2.45) is 0 Å². The summed E-state index contributed by atoms with van der Waals surface area (Å²) in [5.74, 6) is 0.500. The molecule has 1 aliphatic heterocycles. The highest BCUT2D eigenvalue weighted by atomic mass is 16.5. The van der Waals surface area contributed by atoms with Gasteiger partial charge in [-0.25, -0.2) is 0 Å². The molecule has 0 atom stereocenters. The maximum atomic E-state index is 12.3. The standard InChI is InChI=1S/C15H21N3O4/c1-3-14(20)17(4-2)10-15(21)18-7-5-11(6-8-18)12-9-13(19)16-22-12/h3,9,11H,1,4-8,10H2,2H3,(H,16,19). The Labute approximate surface area is 128 Å². The fourth-order valence-electron chi connectivity index (χ4n) is 2.65. The van der Waals surface area contributed by atoms with Crippen LogP contribution in [0.4, 0.5) is 0 Å². The van der Waals surface area contributed by atoms with E-state index in [1.807, 2.05) is 6.92 Å². The highest BCUT2D eigenvalue weighted by Gasteiger charge is 2.27. The lowest BCUT2D eigenvalue weighted by atomic mass is 9.94. The first kappa shape index (κ1) is 16.1. The van der Waals surface area contributed by atoms with Crippen LogP contribution in [0.25, 0.3) is 0 Å². The monoisotopic (exact) mass is 307 g/mol. The van der Waals surface area contributed by atoms with Crippen molar-refractivity contribution in [3.63, 3.8) is 0 Å². The van der Waals surface area contributed by atoms with Crippen molar-refractivity contribution in [1.29, 1.82) is 0 Å². The topological polar surface area (TPSA) is 86.6 Å². The van der Waals surface area contributed by atoms with Crippen LogP contribution in [0.1, 0.15) is 31.4 Å². The van der Waals surface area contributed by atoms with E-state index in [1.54, 1.807) is 4.90 Å². The van der Waals surface area contributed by atoms with Gasteiger partial charge in [0.05, 0.1) is 6.54 Å². The Morgan fingerprint density at radius 2 is 2.18 bits per heavy atom. The molecule has 22 heavy (non-hydrogen) atoms. The number of aromatic amines is 1. The van der Waals surface area contributed by atoms with Crippen molar-refractivity contribution in [3.05, 3.63) is 34.8 Å². The largest absolute Gasteiger partial charge is 0.383 e. The van der Waals surface area contributed by atoms with Gasteiger partial charge in [-0.15, -0.1) is 0 Å². The maximum absolute atomic E-state index is 12.3. The normalized spacial score (nSPS) is 15.6. The Hall–Kier alpha value is -2.31. The fraction of sp³-hybridized carbons (Fsp3) is 0.533. The summed E-state index contributed by atoms with van der Waals surface area (Å²) in [4.78, 5) is 38.2. The molecule has 0 aromatic carbocycles. The van der Waals surface area contributed by atoms with Crippen LogP contribution in [-0.2, 0) is 9.59 Å². The van der Waals surface area contributed by atoms with Gasteiger partial charge in [-0.1, -0.05) is 6.58 Å². The van der Waals surface area contributed by atoms with Crippen LogP contribution in [-0.4, -0.2) is 52.9 Å². The molecule has 120 valence electrons. The van der Waals surface area contributed by atoms with Crippen LogP contribution < -0.4 is 5.56 Å². The molecule has 0 bridgehead atoms. The van der Waals surface area contributed by atoms with E-state index in [0.29, 0.717) is 25.4 Å². The number of likely N-dealkylation sites (tertiary alicyclic amines) is 1.